The third-order valence-corrected chi connectivity index (χ3v) is 6.85. The third-order valence-electron chi connectivity index (χ3n) is 5.63. The molecule has 0 radical (unpaired) electrons. The summed E-state index contributed by atoms with van der Waals surface area (Å²) in [5.41, 5.74) is 0.474. The monoisotopic (exact) mass is 476 g/mol. The Hall–Kier alpha value is -2.35. The predicted molar refractivity (Wildman–Crippen MR) is 128 cm³/mol. The number of rotatable bonds is 10. The van der Waals surface area contributed by atoms with Crippen molar-refractivity contribution in [2.75, 3.05) is 32.8 Å². The first kappa shape index (κ1) is 24.3. The molecule has 172 valence electrons. The van der Waals surface area contributed by atoms with Crippen molar-refractivity contribution in [1.29, 1.82) is 0 Å². The normalized spacial score (nSPS) is 18.0. The van der Waals surface area contributed by atoms with Crippen molar-refractivity contribution in [3.8, 4) is 5.75 Å². The van der Waals surface area contributed by atoms with Gasteiger partial charge in [0.25, 0.3) is 11.7 Å². The van der Waals surface area contributed by atoms with Crippen LogP contribution < -0.4 is 4.74 Å². The molecule has 0 bridgehead atoms. The van der Waals surface area contributed by atoms with Gasteiger partial charge in [-0.15, -0.1) is 11.3 Å². The van der Waals surface area contributed by atoms with Gasteiger partial charge in [0.1, 0.15) is 11.5 Å². The number of Topliss-reactive ketones (excluding diaryl/α,β-unsaturated/α-hetero) is 1. The maximum atomic E-state index is 13.0. The fourth-order valence-corrected chi connectivity index (χ4v) is 5.01. The first-order valence-electron chi connectivity index (χ1n) is 10.9. The second kappa shape index (κ2) is 11.0. The van der Waals surface area contributed by atoms with Gasteiger partial charge in [0.05, 0.1) is 23.2 Å². The van der Waals surface area contributed by atoms with E-state index < -0.39 is 17.7 Å². The molecule has 2 aromatic rings. The zero-order valence-electron chi connectivity index (χ0n) is 18.6. The summed E-state index contributed by atoms with van der Waals surface area (Å²) in [7, 11) is 0. The quantitative estimate of drug-likeness (QED) is 0.298. The summed E-state index contributed by atoms with van der Waals surface area (Å²) in [6.45, 7) is 9.65. The molecule has 3 rings (SSSR count). The van der Waals surface area contributed by atoms with Gasteiger partial charge < -0.3 is 19.6 Å². The first-order chi connectivity index (χ1) is 15.4. The van der Waals surface area contributed by atoms with E-state index in [0.717, 1.165) is 30.9 Å². The zero-order valence-corrected chi connectivity index (χ0v) is 20.2. The number of carbonyl (C=O) groups is 2. The fraction of sp³-hybridized carbons (Fsp3) is 0.417. The van der Waals surface area contributed by atoms with Crippen LogP contribution in [-0.2, 0) is 9.59 Å². The number of aliphatic hydroxyl groups excluding tert-OH is 1. The van der Waals surface area contributed by atoms with E-state index in [4.69, 9.17) is 16.3 Å². The number of halogens is 1. The molecule has 1 fully saturated rings. The Morgan fingerprint density at radius 3 is 2.56 bits per heavy atom. The van der Waals surface area contributed by atoms with E-state index in [1.807, 2.05) is 24.4 Å². The first-order valence-corrected chi connectivity index (χ1v) is 12.1. The molecule has 0 unspecified atom stereocenters. The van der Waals surface area contributed by atoms with E-state index in [2.05, 4.69) is 18.7 Å². The van der Waals surface area contributed by atoms with Crippen molar-refractivity contribution in [3.05, 3.63) is 56.7 Å². The van der Waals surface area contributed by atoms with Gasteiger partial charge in [0, 0.05) is 17.0 Å². The van der Waals surface area contributed by atoms with Crippen LogP contribution in [0.15, 0.2) is 41.3 Å². The lowest BCUT2D eigenvalue weighted by molar-refractivity contribution is -0.139. The lowest BCUT2D eigenvalue weighted by atomic mass is 9.99. The molecule has 6 nitrogen and oxygen atoms in total. The molecular formula is C24H29ClN2O4S. The van der Waals surface area contributed by atoms with Crippen LogP contribution in [0.4, 0.5) is 0 Å². The number of ether oxygens (including phenoxy) is 1. The lowest BCUT2D eigenvalue weighted by Crippen LogP contribution is -2.33. The largest absolute Gasteiger partial charge is 0.507 e. The second-order valence-corrected chi connectivity index (χ2v) is 8.85. The lowest BCUT2D eigenvalue weighted by Gasteiger charge is -2.25. The Balaban J connectivity index is 1.97. The van der Waals surface area contributed by atoms with Crippen LogP contribution in [0.3, 0.4) is 0 Å². The minimum Gasteiger partial charge on any atom is -0.507 e. The maximum Gasteiger partial charge on any atom is 0.295 e. The summed E-state index contributed by atoms with van der Waals surface area (Å²) in [6, 6.07) is 8.01. The maximum absolute atomic E-state index is 13.0. The summed E-state index contributed by atoms with van der Waals surface area (Å²) in [5.74, 6) is -0.981. The number of thiophene rings is 1. The van der Waals surface area contributed by atoms with Crippen LogP contribution in [0, 0.1) is 0 Å². The van der Waals surface area contributed by atoms with Gasteiger partial charge in [-0.05, 0) is 62.6 Å². The summed E-state index contributed by atoms with van der Waals surface area (Å²) in [6.07, 6.45) is 0.742. The van der Waals surface area contributed by atoms with E-state index in [1.165, 1.54) is 11.3 Å². The number of amides is 1. The standard InChI is InChI=1S/C24H29ClN2O4S/c1-4-26(5-2)12-8-13-27-21(19-9-7-14-32-19)20(23(29)24(27)30)22(28)16-10-11-18(31-6-3)17(25)15-16/h7,9-11,14-15,21,28H,4-6,8,12-13H2,1-3H3/b22-20+/t21-/m0/s1. The predicted octanol–water partition coefficient (Wildman–Crippen LogP) is 4.95. The van der Waals surface area contributed by atoms with Crippen molar-refractivity contribution in [1.82, 2.24) is 9.80 Å². The Bertz CT molecular complexity index is 986. The number of hydrogen-bond donors (Lipinski definition) is 1. The molecule has 8 heteroatoms. The average molecular weight is 477 g/mol. The summed E-state index contributed by atoms with van der Waals surface area (Å²) in [4.78, 5) is 30.7. The molecule has 1 saturated heterocycles. The van der Waals surface area contributed by atoms with Gasteiger partial charge in [-0.1, -0.05) is 31.5 Å². The minimum absolute atomic E-state index is 0.0977. The van der Waals surface area contributed by atoms with Crippen LogP contribution in [-0.4, -0.2) is 59.4 Å². The number of hydrogen-bond acceptors (Lipinski definition) is 6. The highest BCUT2D eigenvalue weighted by atomic mass is 35.5. The highest BCUT2D eigenvalue weighted by molar-refractivity contribution is 7.10. The molecule has 1 atom stereocenters. The topological polar surface area (TPSA) is 70.1 Å². The van der Waals surface area contributed by atoms with E-state index in [1.54, 1.807) is 23.1 Å². The highest BCUT2D eigenvalue weighted by Crippen LogP contribution is 2.41. The zero-order chi connectivity index (χ0) is 23.3. The van der Waals surface area contributed by atoms with Gasteiger partial charge >= 0.3 is 0 Å². The molecule has 1 aromatic carbocycles. The minimum atomic E-state index is -0.672. The van der Waals surface area contributed by atoms with E-state index in [9.17, 15) is 14.7 Å². The molecule has 0 aliphatic carbocycles. The molecule has 0 spiro atoms. The fourth-order valence-electron chi connectivity index (χ4n) is 3.93. The highest BCUT2D eigenvalue weighted by Gasteiger charge is 2.46. The molecule has 1 aliphatic rings. The number of aliphatic hydroxyl groups is 1. The average Bonchev–Trinajstić information content (AvgIpc) is 3.40. The van der Waals surface area contributed by atoms with Gasteiger partial charge in [-0.25, -0.2) is 0 Å². The van der Waals surface area contributed by atoms with Crippen molar-refractivity contribution in [3.63, 3.8) is 0 Å². The van der Waals surface area contributed by atoms with Crippen molar-refractivity contribution < 1.29 is 19.4 Å². The molecule has 1 N–H and O–H groups in total. The van der Waals surface area contributed by atoms with Crippen LogP contribution >= 0.6 is 22.9 Å². The number of benzene rings is 1. The SMILES string of the molecule is CCOc1ccc(/C(O)=C2\C(=O)C(=O)N(CCCN(CC)CC)[C@H]2c2cccs2)cc1Cl. The number of nitrogens with zero attached hydrogens (tertiary/aromatic N) is 2. The molecular weight excluding hydrogens is 448 g/mol. The van der Waals surface area contributed by atoms with Gasteiger partial charge in [-0.3, -0.25) is 9.59 Å². The summed E-state index contributed by atoms with van der Waals surface area (Å²) in [5, 5.41) is 13.3. The Kier molecular flexibility index (Phi) is 8.34. The molecule has 1 aromatic heterocycles. The van der Waals surface area contributed by atoms with Gasteiger partial charge in [0.2, 0.25) is 0 Å². The molecule has 2 heterocycles. The molecule has 32 heavy (non-hydrogen) atoms. The van der Waals surface area contributed by atoms with Crippen molar-refractivity contribution >= 4 is 40.4 Å². The molecule has 1 aliphatic heterocycles. The van der Waals surface area contributed by atoms with Crippen LogP contribution in [0.2, 0.25) is 5.02 Å². The number of likely N-dealkylation sites (tertiary alicyclic amines) is 1. The summed E-state index contributed by atoms with van der Waals surface area (Å²) >= 11 is 7.75. The number of carbonyl (C=O) groups excluding carboxylic acids is 2. The Morgan fingerprint density at radius 1 is 1.22 bits per heavy atom. The van der Waals surface area contributed by atoms with Gasteiger partial charge in [0.15, 0.2) is 0 Å². The van der Waals surface area contributed by atoms with E-state index >= 15 is 0 Å². The smallest absolute Gasteiger partial charge is 0.295 e. The molecule has 0 saturated carbocycles. The summed E-state index contributed by atoms with van der Waals surface area (Å²) < 4.78 is 5.45. The number of ketones is 1. The van der Waals surface area contributed by atoms with Crippen LogP contribution in [0.1, 0.15) is 43.7 Å². The second-order valence-electron chi connectivity index (χ2n) is 7.47. The third kappa shape index (κ3) is 5.00. The van der Waals surface area contributed by atoms with Crippen LogP contribution in [0.5, 0.6) is 5.75 Å². The Labute approximate surface area is 198 Å². The van der Waals surface area contributed by atoms with Gasteiger partial charge in [-0.2, -0.15) is 0 Å². The van der Waals surface area contributed by atoms with Crippen molar-refractivity contribution in [2.45, 2.75) is 33.2 Å². The Morgan fingerprint density at radius 2 is 1.97 bits per heavy atom. The van der Waals surface area contributed by atoms with Crippen LogP contribution in [0.25, 0.3) is 5.76 Å². The van der Waals surface area contributed by atoms with E-state index in [0.29, 0.717) is 29.5 Å². The molecule has 1 amide bonds. The van der Waals surface area contributed by atoms with Crippen molar-refractivity contribution in [2.24, 2.45) is 0 Å². The van der Waals surface area contributed by atoms with E-state index in [-0.39, 0.29) is 11.3 Å².